The maximum atomic E-state index is 12.0. The standard InChI is InChI=1S/C15H21BClO3S/c1-6-19-13(18)11-9-10(17)7-8-12(11)16-20-14(2,3)15(4,5)21/h7-9,21H,6H2,1-5H3. The van der Waals surface area contributed by atoms with Crippen LogP contribution in [0.15, 0.2) is 18.2 Å². The van der Waals surface area contributed by atoms with E-state index in [1.54, 1.807) is 32.6 Å². The Labute approximate surface area is 138 Å². The average molecular weight is 328 g/mol. The first-order valence-electron chi connectivity index (χ1n) is 6.78. The van der Waals surface area contributed by atoms with Crippen LogP contribution in [0.1, 0.15) is 45.0 Å². The molecule has 0 saturated carbocycles. The van der Waals surface area contributed by atoms with Crippen LogP contribution in [0.3, 0.4) is 0 Å². The normalized spacial score (nSPS) is 12.1. The molecule has 1 aromatic rings. The van der Waals surface area contributed by atoms with Crippen LogP contribution in [0, 0.1) is 0 Å². The van der Waals surface area contributed by atoms with Crippen LogP contribution in [0.25, 0.3) is 0 Å². The molecule has 0 fully saturated rings. The molecule has 115 valence electrons. The Morgan fingerprint density at radius 2 is 1.95 bits per heavy atom. The van der Waals surface area contributed by atoms with Crippen LogP contribution in [-0.4, -0.2) is 30.4 Å². The summed E-state index contributed by atoms with van der Waals surface area (Å²) in [6.45, 7) is 9.89. The van der Waals surface area contributed by atoms with Crippen LogP contribution in [-0.2, 0) is 9.39 Å². The second-order valence-corrected chi connectivity index (χ2v) is 7.31. The Morgan fingerprint density at radius 3 is 2.48 bits per heavy atom. The largest absolute Gasteiger partial charge is 0.462 e. The molecule has 6 heteroatoms. The van der Waals surface area contributed by atoms with E-state index in [1.807, 2.05) is 27.7 Å². The maximum absolute atomic E-state index is 12.0. The number of hydrogen-bond acceptors (Lipinski definition) is 4. The Hall–Kier alpha value is -0.645. The number of carbonyl (C=O) groups excluding carboxylic acids is 1. The van der Waals surface area contributed by atoms with Gasteiger partial charge in [-0.3, -0.25) is 0 Å². The molecule has 3 nitrogen and oxygen atoms in total. The quantitative estimate of drug-likeness (QED) is 0.495. The summed E-state index contributed by atoms with van der Waals surface area (Å²) in [4.78, 5) is 12.0. The fourth-order valence-electron chi connectivity index (χ4n) is 1.37. The lowest BCUT2D eigenvalue weighted by molar-refractivity contribution is 0.0526. The first-order chi connectivity index (χ1) is 9.58. The van der Waals surface area contributed by atoms with Crippen LogP contribution < -0.4 is 5.46 Å². The third kappa shape index (κ3) is 4.94. The Bertz CT molecular complexity index is 512. The number of esters is 1. The van der Waals surface area contributed by atoms with Crippen molar-refractivity contribution in [2.24, 2.45) is 0 Å². The van der Waals surface area contributed by atoms with Gasteiger partial charge in [0.05, 0.1) is 17.8 Å². The van der Waals surface area contributed by atoms with Crippen LogP contribution in [0.5, 0.6) is 0 Å². The van der Waals surface area contributed by atoms with E-state index in [-0.39, 0.29) is 4.75 Å². The van der Waals surface area contributed by atoms with Crippen LogP contribution in [0.2, 0.25) is 5.02 Å². The minimum atomic E-state index is -0.512. The number of hydrogen-bond donors (Lipinski definition) is 1. The Balaban J connectivity index is 2.96. The summed E-state index contributed by atoms with van der Waals surface area (Å²) in [7, 11) is 1.56. The number of carbonyl (C=O) groups is 1. The average Bonchev–Trinajstić information content (AvgIpc) is 2.36. The Morgan fingerprint density at radius 1 is 1.33 bits per heavy atom. The van der Waals surface area contributed by atoms with E-state index in [0.717, 1.165) is 0 Å². The number of ether oxygens (including phenoxy) is 1. The lowest BCUT2D eigenvalue weighted by atomic mass is 9.81. The van der Waals surface area contributed by atoms with Crippen molar-refractivity contribution < 1.29 is 14.2 Å². The van der Waals surface area contributed by atoms with Gasteiger partial charge in [-0.1, -0.05) is 17.7 Å². The number of benzene rings is 1. The summed E-state index contributed by atoms with van der Waals surface area (Å²) < 4.78 is 10.5. The highest BCUT2D eigenvalue weighted by molar-refractivity contribution is 7.81. The minimum Gasteiger partial charge on any atom is -0.462 e. The van der Waals surface area contributed by atoms with E-state index in [9.17, 15) is 4.79 Å². The van der Waals surface area contributed by atoms with Crippen molar-refractivity contribution in [3.05, 3.63) is 28.8 Å². The molecule has 0 bridgehead atoms. The molecule has 1 radical (unpaired) electrons. The van der Waals surface area contributed by atoms with Gasteiger partial charge in [0.15, 0.2) is 0 Å². The lowest BCUT2D eigenvalue weighted by Crippen LogP contribution is -2.46. The molecule has 0 atom stereocenters. The van der Waals surface area contributed by atoms with E-state index in [4.69, 9.17) is 21.0 Å². The second kappa shape index (κ2) is 7.08. The van der Waals surface area contributed by atoms with Crippen molar-refractivity contribution >= 4 is 43.1 Å². The van der Waals surface area contributed by atoms with Gasteiger partial charge in [0.25, 0.3) is 0 Å². The van der Waals surface area contributed by atoms with E-state index in [2.05, 4.69) is 12.6 Å². The molecule has 1 aromatic carbocycles. The molecule has 0 aliphatic rings. The highest BCUT2D eigenvalue weighted by atomic mass is 35.5. The van der Waals surface area contributed by atoms with Gasteiger partial charge in [0, 0.05) is 9.77 Å². The van der Waals surface area contributed by atoms with Gasteiger partial charge < -0.3 is 9.39 Å². The molecular formula is C15H21BClO3S. The van der Waals surface area contributed by atoms with Gasteiger partial charge in [-0.05, 0) is 52.2 Å². The molecule has 0 aromatic heterocycles. The van der Waals surface area contributed by atoms with Gasteiger partial charge in [0.2, 0.25) is 0 Å². The zero-order valence-corrected chi connectivity index (χ0v) is 14.7. The summed E-state index contributed by atoms with van der Waals surface area (Å²) in [5, 5.41) is 0.476. The fraction of sp³-hybridized carbons (Fsp3) is 0.533. The zero-order chi connectivity index (χ0) is 16.3. The molecule has 1 rings (SSSR count). The van der Waals surface area contributed by atoms with Crippen molar-refractivity contribution in [3.63, 3.8) is 0 Å². The van der Waals surface area contributed by atoms with Gasteiger partial charge >= 0.3 is 13.5 Å². The van der Waals surface area contributed by atoms with Crippen molar-refractivity contribution in [2.75, 3.05) is 6.61 Å². The first kappa shape index (κ1) is 18.4. The van der Waals surface area contributed by atoms with E-state index in [0.29, 0.717) is 22.7 Å². The van der Waals surface area contributed by atoms with E-state index < -0.39 is 11.6 Å². The SMILES string of the molecule is CCOC(=O)c1cc(Cl)ccc1[B]OC(C)(C)C(C)(C)S. The molecular weight excluding hydrogens is 306 g/mol. The number of rotatable bonds is 6. The highest BCUT2D eigenvalue weighted by Crippen LogP contribution is 2.30. The molecule has 0 unspecified atom stereocenters. The van der Waals surface area contributed by atoms with E-state index >= 15 is 0 Å². The third-order valence-corrected chi connectivity index (χ3v) is 4.24. The Kier molecular flexibility index (Phi) is 6.20. The molecule has 0 N–H and O–H groups in total. The molecule has 0 saturated heterocycles. The van der Waals surface area contributed by atoms with Crippen LogP contribution >= 0.6 is 24.2 Å². The van der Waals surface area contributed by atoms with Gasteiger partial charge in [-0.15, -0.1) is 0 Å². The molecule has 21 heavy (non-hydrogen) atoms. The molecule has 0 aliphatic heterocycles. The summed E-state index contributed by atoms with van der Waals surface area (Å²) in [6, 6.07) is 5.02. The molecule has 0 amide bonds. The summed E-state index contributed by atoms with van der Waals surface area (Å²) >= 11 is 10.5. The number of thiol groups is 1. The van der Waals surface area contributed by atoms with Crippen LogP contribution in [0.4, 0.5) is 0 Å². The number of halogens is 1. The highest BCUT2D eigenvalue weighted by Gasteiger charge is 2.35. The predicted octanol–water partition coefficient (Wildman–Crippen LogP) is 3.26. The predicted molar refractivity (Wildman–Crippen MR) is 91.0 cm³/mol. The van der Waals surface area contributed by atoms with Gasteiger partial charge in [0.1, 0.15) is 0 Å². The molecule has 0 heterocycles. The van der Waals surface area contributed by atoms with Crippen molar-refractivity contribution in [2.45, 2.75) is 45.0 Å². The first-order valence-corrected chi connectivity index (χ1v) is 7.61. The zero-order valence-electron chi connectivity index (χ0n) is 13.1. The summed E-state index contributed by atoms with van der Waals surface area (Å²) in [5.41, 5.74) is 0.502. The molecule has 0 aliphatic carbocycles. The summed E-state index contributed by atoms with van der Waals surface area (Å²) in [6.07, 6.45) is 0. The van der Waals surface area contributed by atoms with Crippen molar-refractivity contribution in [1.29, 1.82) is 0 Å². The summed E-state index contributed by atoms with van der Waals surface area (Å²) in [5.74, 6) is -0.419. The van der Waals surface area contributed by atoms with Gasteiger partial charge in [-0.25, -0.2) is 4.79 Å². The third-order valence-electron chi connectivity index (χ3n) is 3.46. The second-order valence-electron chi connectivity index (χ2n) is 5.76. The van der Waals surface area contributed by atoms with Crippen molar-refractivity contribution in [1.82, 2.24) is 0 Å². The van der Waals surface area contributed by atoms with Crippen molar-refractivity contribution in [3.8, 4) is 0 Å². The van der Waals surface area contributed by atoms with E-state index in [1.165, 1.54) is 0 Å². The topological polar surface area (TPSA) is 35.5 Å². The minimum absolute atomic E-state index is 0.306. The van der Waals surface area contributed by atoms with Gasteiger partial charge in [-0.2, -0.15) is 12.6 Å². The maximum Gasteiger partial charge on any atom is 0.337 e. The fourth-order valence-corrected chi connectivity index (χ4v) is 1.60. The lowest BCUT2D eigenvalue weighted by Gasteiger charge is -2.38. The monoisotopic (exact) mass is 327 g/mol. The smallest absolute Gasteiger partial charge is 0.337 e. The molecule has 0 spiro atoms.